The average Bonchev–Trinajstić information content (AvgIpc) is 3.21. The molecule has 2 aromatic rings. The quantitative estimate of drug-likeness (QED) is 0.401. The number of nitrogens with zero attached hydrogens (tertiary/aromatic N) is 1. The normalized spacial score (nSPS) is 35.3. The molecule has 3 heterocycles. The molecule has 48 heavy (non-hydrogen) atoms. The van der Waals surface area contributed by atoms with E-state index in [2.05, 4.69) is 21.8 Å². The number of benzene rings is 2. The number of hydrogen-bond acceptors (Lipinski definition) is 8. The molecule has 2 bridgehead atoms. The number of fused-ring (bicyclic) bond motifs is 4. The predicted molar refractivity (Wildman–Crippen MR) is 185 cm³/mol. The lowest BCUT2D eigenvalue weighted by atomic mass is 9.64. The third kappa shape index (κ3) is 6.60. The fourth-order valence-corrected chi connectivity index (χ4v) is 10.4. The third-order valence-corrected chi connectivity index (χ3v) is 14.2. The van der Waals surface area contributed by atoms with Crippen LogP contribution in [0.3, 0.4) is 0 Å². The lowest BCUT2D eigenvalue weighted by Gasteiger charge is -2.48. The largest absolute Gasteiger partial charge is 0.490 e. The molecule has 0 aromatic heterocycles. The third-order valence-electron chi connectivity index (χ3n) is 12.1. The van der Waals surface area contributed by atoms with Crippen LogP contribution in [0.25, 0.3) is 0 Å². The number of methoxy groups -OCH3 is 1. The molecule has 1 saturated carbocycles. The molecule has 1 amide bonds. The van der Waals surface area contributed by atoms with E-state index < -0.39 is 21.2 Å². The van der Waals surface area contributed by atoms with Crippen molar-refractivity contribution in [1.82, 2.24) is 4.72 Å². The Bertz CT molecular complexity index is 1610. The molecule has 2 fully saturated rings. The summed E-state index contributed by atoms with van der Waals surface area (Å²) in [5, 5.41) is 0.0181. The van der Waals surface area contributed by atoms with Crippen molar-refractivity contribution in [3.8, 4) is 5.75 Å². The summed E-state index contributed by atoms with van der Waals surface area (Å²) in [6.45, 7) is 6.71. The Morgan fingerprint density at radius 1 is 1.00 bits per heavy atom. The maximum absolute atomic E-state index is 13.5. The van der Waals surface area contributed by atoms with Crippen LogP contribution in [0, 0.1) is 23.7 Å². The second-order valence-electron chi connectivity index (χ2n) is 14.9. The Balaban J connectivity index is 1.27. The zero-order valence-electron chi connectivity index (χ0n) is 28.3. The number of carbonyl (C=O) groups excluding carboxylic acids is 1. The summed E-state index contributed by atoms with van der Waals surface area (Å²) in [5.41, 5.74) is 3.45. The first-order valence-corrected chi connectivity index (χ1v) is 19.6. The van der Waals surface area contributed by atoms with E-state index in [4.69, 9.17) is 30.5 Å². The lowest BCUT2D eigenvalue weighted by Crippen LogP contribution is -2.51. The zero-order valence-corrected chi connectivity index (χ0v) is 29.9. The highest BCUT2D eigenvalue weighted by atomic mass is 35.5. The fourth-order valence-electron chi connectivity index (χ4n) is 8.86. The van der Waals surface area contributed by atoms with Crippen molar-refractivity contribution in [3.05, 3.63) is 58.1 Å². The first kappa shape index (κ1) is 34.1. The van der Waals surface area contributed by atoms with Crippen molar-refractivity contribution < 1.29 is 32.2 Å². The van der Waals surface area contributed by atoms with Gasteiger partial charge in [-0.25, -0.2) is 13.1 Å². The summed E-state index contributed by atoms with van der Waals surface area (Å²) >= 11 is 6.46. The van der Waals surface area contributed by atoms with E-state index in [1.165, 1.54) is 11.1 Å². The molecule has 0 radical (unpaired) electrons. The Kier molecular flexibility index (Phi) is 9.76. The van der Waals surface area contributed by atoms with Gasteiger partial charge < -0.3 is 23.8 Å². The second kappa shape index (κ2) is 13.7. The molecule has 1 N–H and O–H groups in total. The fraction of sp³-hybridized carbons (Fsp3) is 0.649. The SMILES string of the molecule is COC1COC([C@@H]2CCC[C@H](C)[C@@H](C)S(=O)(=O)NC(=O)c3ccc4c(c3)N(C[C@@H]3CC[C@H]32)C[C@@]2(CCCc3cc(Cl)ccc32)CO4)OC1. The summed E-state index contributed by atoms with van der Waals surface area (Å²) in [5.74, 6) is 0.962. The van der Waals surface area contributed by atoms with Crippen molar-refractivity contribution in [3.63, 3.8) is 0 Å². The summed E-state index contributed by atoms with van der Waals surface area (Å²) in [7, 11) is -2.22. The monoisotopic (exact) mass is 700 g/mol. The number of rotatable bonds is 2. The van der Waals surface area contributed by atoms with Crippen LogP contribution < -0.4 is 14.4 Å². The number of ether oxygens (including phenoxy) is 4. The molecule has 5 aliphatic rings. The van der Waals surface area contributed by atoms with Gasteiger partial charge in [0.2, 0.25) is 10.0 Å². The Hall–Kier alpha value is -2.37. The van der Waals surface area contributed by atoms with E-state index in [1.807, 2.05) is 25.1 Å². The molecule has 1 saturated heterocycles. The first-order valence-electron chi connectivity index (χ1n) is 17.7. The van der Waals surface area contributed by atoms with Crippen molar-refractivity contribution in [1.29, 1.82) is 0 Å². The Labute approximate surface area is 290 Å². The predicted octanol–water partition coefficient (Wildman–Crippen LogP) is 6.11. The molecular formula is C37H49ClN2O7S. The van der Waals surface area contributed by atoms with Crippen molar-refractivity contribution in [2.45, 2.75) is 88.3 Å². The maximum Gasteiger partial charge on any atom is 0.264 e. The zero-order chi connectivity index (χ0) is 33.6. The number of carbonyl (C=O) groups is 1. The van der Waals surface area contributed by atoms with Crippen LogP contribution in [0.1, 0.15) is 80.3 Å². The molecule has 9 nitrogen and oxygen atoms in total. The Morgan fingerprint density at radius 2 is 1.81 bits per heavy atom. The van der Waals surface area contributed by atoms with E-state index >= 15 is 0 Å². The molecule has 3 aliphatic heterocycles. The highest BCUT2D eigenvalue weighted by molar-refractivity contribution is 7.90. The van der Waals surface area contributed by atoms with Gasteiger partial charge in [-0.1, -0.05) is 31.0 Å². The van der Waals surface area contributed by atoms with Gasteiger partial charge in [-0.2, -0.15) is 0 Å². The minimum absolute atomic E-state index is 0.0711. The molecule has 2 aromatic carbocycles. The van der Waals surface area contributed by atoms with Crippen molar-refractivity contribution in [2.75, 3.05) is 44.9 Å². The molecule has 2 aliphatic carbocycles. The van der Waals surface area contributed by atoms with Crippen LogP contribution in [-0.2, 0) is 36.1 Å². The van der Waals surface area contributed by atoms with Gasteiger partial charge in [0.05, 0.1) is 30.8 Å². The van der Waals surface area contributed by atoms with Gasteiger partial charge in [0.1, 0.15) is 11.9 Å². The molecule has 6 atom stereocenters. The lowest BCUT2D eigenvalue weighted by molar-refractivity contribution is -0.255. The molecule has 262 valence electrons. The molecule has 7 rings (SSSR count). The van der Waals surface area contributed by atoms with Crippen LogP contribution in [0.5, 0.6) is 5.75 Å². The van der Waals surface area contributed by atoms with Crippen LogP contribution in [0.15, 0.2) is 36.4 Å². The average molecular weight is 701 g/mol. The second-order valence-corrected chi connectivity index (χ2v) is 17.4. The maximum atomic E-state index is 13.5. The van der Waals surface area contributed by atoms with Gasteiger partial charge in [0.25, 0.3) is 5.91 Å². The van der Waals surface area contributed by atoms with Gasteiger partial charge >= 0.3 is 0 Å². The van der Waals surface area contributed by atoms with Crippen LogP contribution in [-0.4, -0.2) is 72.0 Å². The number of anilines is 1. The van der Waals surface area contributed by atoms with E-state index in [-0.39, 0.29) is 29.6 Å². The molecule has 1 spiro atoms. The molecular weight excluding hydrogens is 652 g/mol. The standard InChI is InChI=1S/C37H49ClN2O7S/c1-23-6-4-8-31(36-45-19-29(44-3)20-46-36)30-12-9-27(30)18-40-21-37(15-5-7-25-16-28(38)11-13-32(25)37)22-47-34-14-10-26(17-33(34)40)35(41)39-48(42,43)24(23)2/h10-11,13-14,16-17,23-24,27,29-31,36H,4-9,12,15,18-22H2,1-3H3,(H,39,41)/t23-,24+,27-,29?,30+,31+,36?,37-/m0/s1. The topological polar surface area (TPSA) is 103 Å². The minimum Gasteiger partial charge on any atom is -0.490 e. The van der Waals surface area contributed by atoms with Gasteiger partial charge in [-0.3, -0.25) is 4.79 Å². The van der Waals surface area contributed by atoms with Crippen LogP contribution in [0.4, 0.5) is 5.69 Å². The van der Waals surface area contributed by atoms with Crippen molar-refractivity contribution >= 4 is 33.2 Å². The van der Waals surface area contributed by atoms with Crippen molar-refractivity contribution in [2.24, 2.45) is 23.7 Å². The smallest absolute Gasteiger partial charge is 0.264 e. The van der Waals surface area contributed by atoms with Gasteiger partial charge in [0.15, 0.2) is 6.29 Å². The summed E-state index contributed by atoms with van der Waals surface area (Å²) in [6.07, 6.45) is 7.28. The van der Waals surface area contributed by atoms with Gasteiger partial charge in [-0.15, -0.1) is 0 Å². The van der Waals surface area contributed by atoms with Gasteiger partial charge in [0, 0.05) is 42.1 Å². The number of aryl methyl sites for hydroxylation is 1. The first-order chi connectivity index (χ1) is 23.1. The molecule has 11 heteroatoms. The molecule has 0 unspecified atom stereocenters. The number of amides is 1. The van der Waals surface area contributed by atoms with Gasteiger partial charge in [-0.05, 0) is 111 Å². The van der Waals surface area contributed by atoms with E-state index in [1.54, 1.807) is 20.1 Å². The highest BCUT2D eigenvalue weighted by Crippen LogP contribution is 2.49. The number of halogens is 1. The summed E-state index contributed by atoms with van der Waals surface area (Å²) in [4.78, 5) is 16.0. The van der Waals surface area contributed by atoms with E-state index in [9.17, 15) is 13.2 Å². The summed E-state index contributed by atoms with van der Waals surface area (Å²) in [6, 6.07) is 11.6. The number of nitrogens with one attached hydrogen (secondary N) is 1. The number of sulfonamides is 1. The number of hydrogen-bond donors (Lipinski definition) is 1. The summed E-state index contributed by atoms with van der Waals surface area (Å²) < 4.78 is 54.1. The van der Waals surface area contributed by atoms with Crippen LogP contribution >= 0.6 is 11.6 Å². The van der Waals surface area contributed by atoms with E-state index in [0.29, 0.717) is 43.0 Å². The minimum atomic E-state index is -3.91. The Morgan fingerprint density at radius 3 is 2.56 bits per heavy atom. The highest BCUT2D eigenvalue weighted by Gasteiger charge is 2.46. The van der Waals surface area contributed by atoms with E-state index in [0.717, 1.165) is 75.2 Å². The van der Waals surface area contributed by atoms with Crippen LogP contribution in [0.2, 0.25) is 5.02 Å².